The number of hydrazine groups is 1. The summed E-state index contributed by atoms with van der Waals surface area (Å²) in [4.78, 5) is 11.3. The molecular weight excluding hydrogens is 208 g/mol. The Morgan fingerprint density at radius 1 is 1.44 bits per heavy atom. The summed E-state index contributed by atoms with van der Waals surface area (Å²) in [5.41, 5.74) is 5.93. The van der Waals surface area contributed by atoms with Crippen LogP contribution in [0, 0.1) is 0 Å². The van der Waals surface area contributed by atoms with Crippen LogP contribution in [0.2, 0.25) is 0 Å². The number of carbonyl (C=O) groups excluding carboxylic acids is 1. The van der Waals surface area contributed by atoms with Gasteiger partial charge in [-0.2, -0.15) is 0 Å². The predicted octanol–water partition coefficient (Wildman–Crippen LogP) is 1.81. The molecule has 2 N–H and O–H groups in total. The summed E-state index contributed by atoms with van der Waals surface area (Å²) in [6.45, 7) is 2.09. The maximum absolute atomic E-state index is 11.3. The highest BCUT2D eigenvalue weighted by atomic mass is 16.7. The van der Waals surface area contributed by atoms with E-state index in [0.717, 1.165) is 25.7 Å². The van der Waals surface area contributed by atoms with Gasteiger partial charge in [0.2, 0.25) is 0 Å². The van der Waals surface area contributed by atoms with Crippen LogP contribution in [0.1, 0.15) is 39.0 Å². The fourth-order valence-electron chi connectivity index (χ4n) is 2.33. The highest BCUT2D eigenvalue weighted by Crippen LogP contribution is 2.36. The molecule has 0 aromatic rings. The Balaban J connectivity index is 1.99. The van der Waals surface area contributed by atoms with E-state index in [-0.39, 0.29) is 5.54 Å². The maximum atomic E-state index is 11.3. The molecule has 0 saturated heterocycles. The van der Waals surface area contributed by atoms with Gasteiger partial charge in [-0.1, -0.05) is 19.3 Å². The summed E-state index contributed by atoms with van der Waals surface area (Å²) >= 11 is 0. The molecule has 1 saturated carbocycles. The molecule has 5 heteroatoms. The molecule has 0 radical (unpaired) electrons. The van der Waals surface area contributed by atoms with Gasteiger partial charge in [0.15, 0.2) is 0 Å². The first-order valence-electron chi connectivity index (χ1n) is 5.85. The van der Waals surface area contributed by atoms with Crippen LogP contribution in [0.15, 0.2) is 12.0 Å². The van der Waals surface area contributed by atoms with Crippen molar-refractivity contribution in [3.8, 4) is 0 Å². The maximum Gasteiger partial charge on any atom is 0.513 e. The molecular formula is C11H18N2O3. The second-order valence-corrected chi connectivity index (χ2v) is 4.21. The minimum Gasteiger partial charge on any atom is -0.434 e. The summed E-state index contributed by atoms with van der Waals surface area (Å²) in [6, 6.07) is 0. The first kappa shape index (κ1) is 11.3. The van der Waals surface area contributed by atoms with E-state index in [1.807, 2.05) is 0 Å². The highest BCUT2D eigenvalue weighted by Gasteiger charge is 2.41. The lowest BCUT2D eigenvalue weighted by Crippen LogP contribution is -2.48. The fourth-order valence-corrected chi connectivity index (χ4v) is 2.33. The van der Waals surface area contributed by atoms with Crippen molar-refractivity contribution in [3.63, 3.8) is 0 Å². The first-order chi connectivity index (χ1) is 7.77. The van der Waals surface area contributed by atoms with Gasteiger partial charge in [0.1, 0.15) is 5.76 Å². The van der Waals surface area contributed by atoms with Crippen LogP contribution in [-0.2, 0) is 9.47 Å². The van der Waals surface area contributed by atoms with Gasteiger partial charge in [-0.25, -0.2) is 10.2 Å². The molecule has 2 aliphatic rings. The molecule has 90 valence electrons. The SMILES string of the molecule is CCOC(=O)OC1=CNNC12CCCCC2. The van der Waals surface area contributed by atoms with Crippen molar-refractivity contribution in [2.24, 2.45) is 0 Å². The molecule has 5 nitrogen and oxygen atoms in total. The zero-order valence-corrected chi connectivity index (χ0v) is 9.54. The Kier molecular flexibility index (Phi) is 3.33. The van der Waals surface area contributed by atoms with E-state index < -0.39 is 6.16 Å². The lowest BCUT2D eigenvalue weighted by Gasteiger charge is -2.34. The summed E-state index contributed by atoms with van der Waals surface area (Å²) < 4.78 is 10.0. The Bertz CT molecular complexity index is 296. The topological polar surface area (TPSA) is 59.6 Å². The predicted molar refractivity (Wildman–Crippen MR) is 58.3 cm³/mol. The van der Waals surface area contributed by atoms with Crippen LogP contribution in [0.5, 0.6) is 0 Å². The van der Waals surface area contributed by atoms with Gasteiger partial charge < -0.3 is 14.9 Å². The molecule has 1 spiro atoms. The normalized spacial score (nSPS) is 22.4. The van der Waals surface area contributed by atoms with E-state index in [9.17, 15) is 4.79 Å². The lowest BCUT2D eigenvalue weighted by molar-refractivity contribution is 0.0657. The van der Waals surface area contributed by atoms with Crippen LogP contribution in [0.4, 0.5) is 4.79 Å². The van der Waals surface area contributed by atoms with Gasteiger partial charge in [-0.15, -0.1) is 0 Å². The molecule has 2 rings (SSSR count). The minimum absolute atomic E-state index is 0.203. The molecule has 0 unspecified atom stereocenters. The Labute approximate surface area is 95.1 Å². The number of rotatable bonds is 2. The second-order valence-electron chi connectivity index (χ2n) is 4.21. The average Bonchev–Trinajstić information content (AvgIpc) is 2.63. The van der Waals surface area contributed by atoms with Crippen molar-refractivity contribution in [2.75, 3.05) is 6.61 Å². The number of hydrogen-bond acceptors (Lipinski definition) is 5. The summed E-state index contributed by atoms with van der Waals surface area (Å²) in [6.07, 6.45) is 6.62. The third-order valence-corrected chi connectivity index (χ3v) is 3.15. The monoisotopic (exact) mass is 226 g/mol. The number of carbonyl (C=O) groups is 1. The molecule has 16 heavy (non-hydrogen) atoms. The molecule has 1 aliphatic heterocycles. The summed E-state index contributed by atoms with van der Waals surface area (Å²) in [5, 5.41) is 0. The van der Waals surface area contributed by atoms with Crippen LogP contribution in [0.3, 0.4) is 0 Å². The van der Waals surface area contributed by atoms with Gasteiger partial charge in [0.05, 0.1) is 18.3 Å². The molecule has 0 atom stereocenters. The molecule has 0 aromatic carbocycles. The molecule has 0 bridgehead atoms. The van der Waals surface area contributed by atoms with Crippen LogP contribution in [0.25, 0.3) is 0 Å². The number of nitrogens with one attached hydrogen (secondary N) is 2. The van der Waals surface area contributed by atoms with Crippen molar-refractivity contribution in [1.82, 2.24) is 10.9 Å². The van der Waals surface area contributed by atoms with E-state index >= 15 is 0 Å². The Morgan fingerprint density at radius 2 is 2.19 bits per heavy atom. The minimum atomic E-state index is -0.621. The molecule has 0 aromatic heterocycles. The Hall–Kier alpha value is -1.23. The number of hydrogen-bond donors (Lipinski definition) is 2. The third kappa shape index (κ3) is 2.14. The lowest BCUT2D eigenvalue weighted by atomic mass is 9.81. The second kappa shape index (κ2) is 4.74. The van der Waals surface area contributed by atoms with Crippen molar-refractivity contribution >= 4 is 6.16 Å². The standard InChI is InChI=1S/C11H18N2O3/c1-2-15-10(14)16-9-8-12-13-11(9)6-4-3-5-7-11/h8,12-13H,2-7H2,1H3. The van der Waals surface area contributed by atoms with Crippen molar-refractivity contribution in [1.29, 1.82) is 0 Å². The van der Waals surface area contributed by atoms with E-state index in [4.69, 9.17) is 9.47 Å². The largest absolute Gasteiger partial charge is 0.513 e. The molecule has 0 amide bonds. The molecule has 1 heterocycles. The van der Waals surface area contributed by atoms with Crippen molar-refractivity contribution < 1.29 is 14.3 Å². The van der Waals surface area contributed by atoms with E-state index in [1.54, 1.807) is 13.1 Å². The summed E-state index contributed by atoms with van der Waals surface area (Å²) in [5.74, 6) is 0.658. The first-order valence-corrected chi connectivity index (χ1v) is 5.85. The van der Waals surface area contributed by atoms with Crippen LogP contribution in [-0.4, -0.2) is 18.3 Å². The summed E-state index contributed by atoms with van der Waals surface area (Å²) in [7, 11) is 0. The average molecular weight is 226 g/mol. The quantitative estimate of drug-likeness (QED) is 0.703. The van der Waals surface area contributed by atoms with Gasteiger partial charge in [0.25, 0.3) is 0 Å². The van der Waals surface area contributed by atoms with Gasteiger partial charge >= 0.3 is 6.16 Å². The smallest absolute Gasteiger partial charge is 0.434 e. The third-order valence-electron chi connectivity index (χ3n) is 3.15. The van der Waals surface area contributed by atoms with Crippen molar-refractivity contribution in [3.05, 3.63) is 12.0 Å². The van der Waals surface area contributed by atoms with Crippen LogP contribution >= 0.6 is 0 Å². The van der Waals surface area contributed by atoms with E-state index in [1.165, 1.54) is 6.42 Å². The zero-order valence-electron chi connectivity index (χ0n) is 9.54. The molecule has 1 aliphatic carbocycles. The van der Waals surface area contributed by atoms with Crippen molar-refractivity contribution in [2.45, 2.75) is 44.6 Å². The van der Waals surface area contributed by atoms with E-state index in [2.05, 4.69) is 10.9 Å². The highest BCUT2D eigenvalue weighted by molar-refractivity contribution is 5.62. The molecule has 1 fully saturated rings. The Morgan fingerprint density at radius 3 is 2.88 bits per heavy atom. The van der Waals surface area contributed by atoms with E-state index in [0.29, 0.717) is 12.4 Å². The van der Waals surface area contributed by atoms with Gasteiger partial charge in [0, 0.05) is 0 Å². The van der Waals surface area contributed by atoms with Crippen LogP contribution < -0.4 is 10.9 Å². The fraction of sp³-hybridized carbons (Fsp3) is 0.727. The zero-order chi connectivity index (χ0) is 11.4. The van der Waals surface area contributed by atoms with Gasteiger partial charge in [-0.05, 0) is 19.8 Å². The number of ether oxygens (including phenoxy) is 2. The van der Waals surface area contributed by atoms with Gasteiger partial charge in [-0.3, -0.25) is 0 Å².